The molecule has 3 aromatic rings. The zero-order valence-corrected chi connectivity index (χ0v) is 16.1. The Morgan fingerprint density at radius 2 is 1.64 bits per heavy atom. The number of aliphatic hydroxyl groups excluding tert-OH is 1. The van der Waals surface area contributed by atoms with Crippen LogP contribution in [-0.2, 0) is 6.42 Å². The number of aliphatic imine (C=N–C) groups is 1. The van der Waals surface area contributed by atoms with Crippen LogP contribution < -0.4 is 10.6 Å². The lowest BCUT2D eigenvalue weighted by Crippen LogP contribution is -2.40. The van der Waals surface area contributed by atoms with Crippen molar-refractivity contribution < 1.29 is 9.52 Å². The maximum atomic E-state index is 10.4. The van der Waals surface area contributed by atoms with Crippen LogP contribution in [-0.4, -0.2) is 24.2 Å². The van der Waals surface area contributed by atoms with Gasteiger partial charge in [-0.05, 0) is 30.2 Å². The third kappa shape index (κ3) is 5.99. The summed E-state index contributed by atoms with van der Waals surface area (Å²) >= 11 is 0. The maximum absolute atomic E-state index is 10.4. The number of hydrogen-bond donors (Lipinski definition) is 3. The molecule has 0 amide bonds. The molecule has 3 rings (SSSR count). The number of hydrogen-bond acceptors (Lipinski definition) is 3. The van der Waals surface area contributed by atoms with E-state index in [1.54, 1.807) is 6.26 Å². The fourth-order valence-corrected chi connectivity index (χ4v) is 2.90. The summed E-state index contributed by atoms with van der Waals surface area (Å²) in [5, 5.41) is 17.2. The van der Waals surface area contributed by atoms with Crippen molar-refractivity contribution in [2.75, 3.05) is 13.1 Å². The lowest BCUT2D eigenvalue weighted by Gasteiger charge is -2.19. The van der Waals surface area contributed by atoms with Crippen LogP contribution in [0.5, 0.6) is 0 Å². The van der Waals surface area contributed by atoms with Crippen molar-refractivity contribution in [2.24, 2.45) is 4.99 Å². The minimum atomic E-state index is -0.642. The zero-order valence-electron chi connectivity index (χ0n) is 16.1. The first kappa shape index (κ1) is 19.7. The van der Waals surface area contributed by atoms with Gasteiger partial charge in [0.25, 0.3) is 0 Å². The third-order valence-electron chi connectivity index (χ3n) is 4.50. The number of benzene rings is 2. The minimum Gasteiger partial charge on any atom is -0.469 e. The Bertz CT molecular complexity index is 833. The van der Waals surface area contributed by atoms with Gasteiger partial charge in [0, 0.05) is 13.0 Å². The minimum absolute atomic E-state index is 0.0879. The van der Waals surface area contributed by atoms with Gasteiger partial charge in [0.2, 0.25) is 0 Å². The van der Waals surface area contributed by atoms with E-state index in [4.69, 9.17) is 4.42 Å². The molecule has 5 nitrogen and oxygen atoms in total. The van der Waals surface area contributed by atoms with E-state index < -0.39 is 6.10 Å². The van der Waals surface area contributed by atoms with Gasteiger partial charge in [0.1, 0.15) is 5.76 Å². The van der Waals surface area contributed by atoms with Crippen LogP contribution in [0.1, 0.15) is 36.0 Å². The van der Waals surface area contributed by atoms with E-state index in [0.29, 0.717) is 12.5 Å². The molecular formula is C23H27N3O2. The molecule has 2 unspecified atom stereocenters. The summed E-state index contributed by atoms with van der Waals surface area (Å²) < 4.78 is 5.38. The van der Waals surface area contributed by atoms with Crippen LogP contribution in [0.15, 0.2) is 88.5 Å². The largest absolute Gasteiger partial charge is 0.469 e. The Labute approximate surface area is 166 Å². The molecule has 1 heterocycles. The first-order valence-electron chi connectivity index (χ1n) is 9.57. The Morgan fingerprint density at radius 3 is 2.29 bits per heavy atom. The highest BCUT2D eigenvalue weighted by atomic mass is 16.3. The standard InChI is InChI=1S/C23H27N3O2/c1-18(19-9-4-2-5-10-19)26-23(24-15-14-21-13-8-16-28-21)25-17-22(27)20-11-6-3-7-12-20/h2-13,16,18,22,27H,14-15,17H2,1H3,(H2,24,25,26). The van der Waals surface area contributed by atoms with Gasteiger partial charge in [0.15, 0.2) is 5.96 Å². The summed E-state index contributed by atoms with van der Waals surface area (Å²) in [7, 11) is 0. The van der Waals surface area contributed by atoms with Crippen molar-refractivity contribution >= 4 is 5.96 Å². The number of furan rings is 1. The SMILES string of the molecule is CC(NC(=NCC(O)c1ccccc1)NCCc1ccco1)c1ccccc1. The quantitative estimate of drug-likeness (QED) is 0.412. The lowest BCUT2D eigenvalue weighted by molar-refractivity contribution is 0.187. The molecule has 28 heavy (non-hydrogen) atoms. The van der Waals surface area contributed by atoms with E-state index in [0.717, 1.165) is 17.7 Å². The maximum Gasteiger partial charge on any atom is 0.191 e. The highest BCUT2D eigenvalue weighted by molar-refractivity contribution is 5.80. The van der Waals surface area contributed by atoms with Crippen LogP contribution in [0, 0.1) is 0 Å². The fraction of sp³-hybridized carbons (Fsp3) is 0.261. The number of rotatable bonds is 8. The number of guanidine groups is 1. The normalized spacial score (nSPS) is 13.7. The molecule has 0 bridgehead atoms. The van der Waals surface area contributed by atoms with Gasteiger partial charge in [-0.3, -0.25) is 4.99 Å². The summed E-state index contributed by atoms with van der Waals surface area (Å²) in [5.41, 5.74) is 2.03. The third-order valence-corrected chi connectivity index (χ3v) is 4.50. The molecule has 0 saturated carbocycles. The summed E-state index contributed by atoms with van der Waals surface area (Å²) in [6.45, 7) is 3.05. The van der Waals surface area contributed by atoms with Crippen molar-refractivity contribution in [1.29, 1.82) is 0 Å². The van der Waals surface area contributed by atoms with Crippen LogP contribution >= 0.6 is 0 Å². The van der Waals surface area contributed by atoms with Crippen molar-refractivity contribution in [2.45, 2.75) is 25.5 Å². The van der Waals surface area contributed by atoms with Crippen LogP contribution in [0.3, 0.4) is 0 Å². The van der Waals surface area contributed by atoms with Gasteiger partial charge in [-0.15, -0.1) is 0 Å². The average molecular weight is 377 g/mol. The average Bonchev–Trinajstić information content (AvgIpc) is 3.26. The summed E-state index contributed by atoms with van der Waals surface area (Å²) in [5.74, 6) is 1.59. The molecule has 0 aliphatic carbocycles. The van der Waals surface area contributed by atoms with Gasteiger partial charge >= 0.3 is 0 Å². The van der Waals surface area contributed by atoms with Gasteiger partial charge in [0.05, 0.1) is 25.0 Å². The molecule has 0 aliphatic heterocycles. The molecule has 1 aromatic heterocycles. The topological polar surface area (TPSA) is 69.8 Å². The molecule has 3 N–H and O–H groups in total. The van der Waals surface area contributed by atoms with Gasteiger partial charge in [-0.25, -0.2) is 0 Å². The summed E-state index contributed by atoms with van der Waals surface area (Å²) in [4.78, 5) is 4.60. The Hall–Kier alpha value is -3.05. The first-order chi connectivity index (χ1) is 13.7. The molecule has 2 aromatic carbocycles. The lowest BCUT2D eigenvalue weighted by atomic mass is 10.1. The van der Waals surface area contributed by atoms with E-state index in [9.17, 15) is 5.11 Å². The zero-order chi connectivity index (χ0) is 19.6. The monoisotopic (exact) mass is 377 g/mol. The Kier molecular flexibility index (Phi) is 7.27. The van der Waals surface area contributed by atoms with E-state index in [-0.39, 0.29) is 12.6 Å². The number of aliphatic hydroxyl groups is 1. The van der Waals surface area contributed by atoms with E-state index in [1.807, 2.05) is 60.7 Å². The summed E-state index contributed by atoms with van der Waals surface area (Å²) in [6, 6.07) is 23.7. The van der Waals surface area contributed by atoms with Gasteiger partial charge < -0.3 is 20.2 Å². The Morgan fingerprint density at radius 1 is 0.964 bits per heavy atom. The van der Waals surface area contributed by atoms with Crippen LogP contribution in [0.2, 0.25) is 0 Å². The molecule has 0 fully saturated rings. The highest BCUT2D eigenvalue weighted by Crippen LogP contribution is 2.13. The van der Waals surface area contributed by atoms with Crippen molar-refractivity contribution in [3.8, 4) is 0 Å². The Balaban J connectivity index is 1.63. The second kappa shape index (κ2) is 10.3. The molecule has 0 saturated heterocycles. The molecular weight excluding hydrogens is 350 g/mol. The molecule has 0 radical (unpaired) electrons. The molecule has 146 valence electrons. The second-order valence-electron chi connectivity index (χ2n) is 6.65. The van der Waals surface area contributed by atoms with E-state index in [2.05, 4.69) is 34.7 Å². The fourth-order valence-electron chi connectivity index (χ4n) is 2.90. The molecule has 0 aliphatic rings. The number of nitrogens with zero attached hydrogens (tertiary/aromatic N) is 1. The van der Waals surface area contributed by atoms with Crippen molar-refractivity contribution in [3.63, 3.8) is 0 Å². The van der Waals surface area contributed by atoms with Crippen molar-refractivity contribution in [1.82, 2.24) is 10.6 Å². The van der Waals surface area contributed by atoms with Gasteiger partial charge in [-0.2, -0.15) is 0 Å². The van der Waals surface area contributed by atoms with Crippen LogP contribution in [0.4, 0.5) is 0 Å². The predicted molar refractivity (Wildman–Crippen MR) is 112 cm³/mol. The molecule has 0 spiro atoms. The van der Waals surface area contributed by atoms with E-state index >= 15 is 0 Å². The van der Waals surface area contributed by atoms with E-state index in [1.165, 1.54) is 5.56 Å². The highest BCUT2D eigenvalue weighted by Gasteiger charge is 2.10. The predicted octanol–water partition coefficient (Wildman–Crippen LogP) is 3.85. The molecule has 2 atom stereocenters. The first-order valence-corrected chi connectivity index (χ1v) is 9.57. The molecule has 5 heteroatoms. The summed E-state index contributed by atoms with van der Waals surface area (Å²) in [6.07, 6.45) is 1.79. The number of nitrogens with one attached hydrogen (secondary N) is 2. The second-order valence-corrected chi connectivity index (χ2v) is 6.65. The smallest absolute Gasteiger partial charge is 0.191 e. The van der Waals surface area contributed by atoms with Gasteiger partial charge in [-0.1, -0.05) is 60.7 Å². The van der Waals surface area contributed by atoms with Crippen LogP contribution in [0.25, 0.3) is 0 Å². The van der Waals surface area contributed by atoms with Crippen molar-refractivity contribution in [3.05, 3.63) is 95.9 Å².